The topological polar surface area (TPSA) is 53.4 Å². The highest BCUT2D eigenvalue weighted by molar-refractivity contribution is 7.13. The molecule has 6 heteroatoms. The molecule has 0 spiro atoms. The van der Waals surface area contributed by atoms with E-state index >= 15 is 0 Å². The highest BCUT2D eigenvalue weighted by atomic mass is 32.1. The van der Waals surface area contributed by atoms with Gasteiger partial charge in [0.2, 0.25) is 0 Å². The standard InChI is InChI=1S/C15H15FN2O2S/c16-11-5-3-10(4-6-11)14-17-12(9-21-14)8-18-7-1-2-13(18)15(19)20/h3-6,9,13H,1-2,7-8H2,(H,19,20)/t13-/m1/s1. The van der Waals surface area contributed by atoms with Gasteiger partial charge in [-0.1, -0.05) is 0 Å². The number of likely N-dealkylation sites (tertiary alicyclic amines) is 1. The third-order valence-electron chi connectivity index (χ3n) is 3.66. The second kappa shape index (κ2) is 5.91. The second-order valence-electron chi connectivity index (χ2n) is 5.12. The van der Waals surface area contributed by atoms with E-state index in [1.54, 1.807) is 12.1 Å². The molecule has 1 saturated heterocycles. The van der Waals surface area contributed by atoms with Crippen molar-refractivity contribution in [1.29, 1.82) is 0 Å². The van der Waals surface area contributed by atoms with E-state index < -0.39 is 12.0 Å². The van der Waals surface area contributed by atoms with Gasteiger partial charge in [-0.3, -0.25) is 9.69 Å². The molecule has 1 aromatic carbocycles. The summed E-state index contributed by atoms with van der Waals surface area (Å²) in [5.74, 6) is -1.03. The number of benzene rings is 1. The van der Waals surface area contributed by atoms with E-state index in [2.05, 4.69) is 4.98 Å². The molecular weight excluding hydrogens is 291 g/mol. The van der Waals surface area contributed by atoms with E-state index in [-0.39, 0.29) is 5.82 Å². The molecule has 2 heterocycles. The zero-order valence-electron chi connectivity index (χ0n) is 11.3. The summed E-state index contributed by atoms with van der Waals surface area (Å²) in [6, 6.07) is 5.83. The minimum atomic E-state index is -0.763. The van der Waals surface area contributed by atoms with Crippen LogP contribution in [0.1, 0.15) is 18.5 Å². The van der Waals surface area contributed by atoms with Gasteiger partial charge in [0, 0.05) is 17.5 Å². The Labute approximate surface area is 125 Å². The Morgan fingerprint density at radius 3 is 2.90 bits per heavy atom. The van der Waals surface area contributed by atoms with Gasteiger partial charge in [0.25, 0.3) is 0 Å². The predicted octanol–water partition coefficient (Wildman–Crippen LogP) is 3.00. The Morgan fingerprint density at radius 2 is 2.19 bits per heavy atom. The molecule has 3 rings (SSSR count). The Morgan fingerprint density at radius 1 is 1.43 bits per heavy atom. The minimum absolute atomic E-state index is 0.267. The van der Waals surface area contributed by atoms with E-state index in [0.29, 0.717) is 13.0 Å². The second-order valence-corrected chi connectivity index (χ2v) is 5.98. The lowest BCUT2D eigenvalue weighted by Gasteiger charge is -2.19. The number of thiazole rings is 1. The van der Waals surface area contributed by atoms with E-state index in [1.165, 1.54) is 23.5 Å². The Balaban J connectivity index is 1.73. The first-order valence-electron chi connectivity index (χ1n) is 6.80. The van der Waals surface area contributed by atoms with Crippen molar-refractivity contribution in [3.63, 3.8) is 0 Å². The van der Waals surface area contributed by atoms with Crippen LogP contribution in [0.4, 0.5) is 4.39 Å². The molecule has 0 aliphatic carbocycles. The van der Waals surface area contributed by atoms with Crippen molar-refractivity contribution in [3.05, 3.63) is 41.2 Å². The van der Waals surface area contributed by atoms with Crippen LogP contribution in [0.3, 0.4) is 0 Å². The van der Waals surface area contributed by atoms with Crippen LogP contribution < -0.4 is 0 Å². The lowest BCUT2D eigenvalue weighted by molar-refractivity contribution is -0.142. The van der Waals surface area contributed by atoms with Gasteiger partial charge >= 0.3 is 5.97 Å². The molecule has 0 bridgehead atoms. The predicted molar refractivity (Wildman–Crippen MR) is 78.6 cm³/mol. The molecular formula is C15H15FN2O2S. The summed E-state index contributed by atoms with van der Waals surface area (Å²) < 4.78 is 12.9. The minimum Gasteiger partial charge on any atom is -0.480 e. The number of carbonyl (C=O) groups is 1. The van der Waals surface area contributed by atoms with Gasteiger partial charge in [-0.05, 0) is 43.7 Å². The molecule has 0 unspecified atom stereocenters. The summed E-state index contributed by atoms with van der Waals surface area (Å²) >= 11 is 1.49. The number of carboxylic acids is 1. The number of rotatable bonds is 4. The van der Waals surface area contributed by atoms with Crippen molar-refractivity contribution in [3.8, 4) is 10.6 Å². The first-order chi connectivity index (χ1) is 10.1. The maximum absolute atomic E-state index is 12.9. The molecule has 1 aromatic heterocycles. The Kier molecular flexibility index (Phi) is 3.98. The molecule has 1 N–H and O–H groups in total. The third kappa shape index (κ3) is 3.11. The van der Waals surface area contributed by atoms with Crippen LogP contribution in [0.15, 0.2) is 29.6 Å². The van der Waals surface area contributed by atoms with Gasteiger partial charge in [-0.25, -0.2) is 9.37 Å². The summed E-state index contributed by atoms with van der Waals surface area (Å²) in [5.41, 5.74) is 1.75. The van der Waals surface area contributed by atoms with Crippen molar-refractivity contribution in [2.45, 2.75) is 25.4 Å². The van der Waals surface area contributed by atoms with Crippen LogP contribution in [0.2, 0.25) is 0 Å². The third-order valence-corrected chi connectivity index (χ3v) is 4.60. The van der Waals surface area contributed by atoms with Gasteiger partial charge in [-0.15, -0.1) is 11.3 Å². The van der Waals surface area contributed by atoms with E-state index in [4.69, 9.17) is 0 Å². The molecule has 0 amide bonds. The van der Waals surface area contributed by atoms with Crippen molar-refractivity contribution >= 4 is 17.3 Å². The Bertz CT molecular complexity index is 641. The fraction of sp³-hybridized carbons (Fsp3) is 0.333. The van der Waals surface area contributed by atoms with Crippen LogP contribution in [0.5, 0.6) is 0 Å². The molecule has 0 radical (unpaired) electrons. The maximum Gasteiger partial charge on any atom is 0.320 e. The van der Waals surface area contributed by atoms with E-state index in [9.17, 15) is 14.3 Å². The fourth-order valence-electron chi connectivity index (χ4n) is 2.61. The van der Waals surface area contributed by atoms with Gasteiger partial charge < -0.3 is 5.11 Å². The summed E-state index contributed by atoms with van der Waals surface area (Å²) in [6.07, 6.45) is 1.61. The number of aliphatic carboxylic acids is 1. The first-order valence-corrected chi connectivity index (χ1v) is 7.68. The van der Waals surface area contributed by atoms with Crippen molar-refractivity contribution < 1.29 is 14.3 Å². The molecule has 110 valence electrons. The van der Waals surface area contributed by atoms with Crippen LogP contribution >= 0.6 is 11.3 Å². The van der Waals surface area contributed by atoms with Crippen molar-refractivity contribution in [2.75, 3.05) is 6.54 Å². The SMILES string of the molecule is O=C(O)[C@H]1CCCN1Cc1csc(-c2ccc(F)cc2)n1. The van der Waals surface area contributed by atoms with Gasteiger partial charge in [-0.2, -0.15) is 0 Å². The fourth-order valence-corrected chi connectivity index (χ4v) is 3.42. The molecule has 1 aliphatic rings. The first kappa shape index (κ1) is 14.2. The lowest BCUT2D eigenvalue weighted by Crippen LogP contribution is -2.35. The molecule has 1 aliphatic heterocycles. The van der Waals surface area contributed by atoms with Crippen molar-refractivity contribution in [2.24, 2.45) is 0 Å². The number of nitrogens with zero attached hydrogens (tertiary/aromatic N) is 2. The molecule has 0 saturated carbocycles. The average molecular weight is 306 g/mol. The van der Waals surface area contributed by atoms with Crippen LogP contribution in [0, 0.1) is 5.82 Å². The lowest BCUT2D eigenvalue weighted by atomic mass is 10.2. The number of carboxylic acid groups (broad SMARTS) is 1. The van der Waals surface area contributed by atoms with E-state index in [0.717, 1.165) is 29.2 Å². The average Bonchev–Trinajstić information content (AvgIpc) is 3.09. The quantitative estimate of drug-likeness (QED) is 0.943. The van der Waals surface area contributed by atoms with Crippen molar-refractivity contribution in [1.82, 2.24) is 9.88 Å². The molecule has 21 heavy (non-hydrogen) atoms. The van der Waals surface area contributed by atoms with Crippen LogP contribution in [0.25, 0.3) is 10.6 Å². The van der Waals surface area contributed by atoms with Gasteiger partial charge in [0.1, 0.15) is 16.9 Å². The molecule has 1 atom stereocenters. The molecule has 4 nitrogen and oxygen atoms in total. The largest absolute Gasteiger partial charge is 0.480 e. The number of hydrogen-bond acceptors (Lipinski definition) is 4. The summed E-state index contributed by atoms with van der Waals surface area (Å²) in [7, 11) is 0. The molecule has 1 fully saturated rings. The number of halogens is 1. The highest BCUT2D eigenvalue weighted by Gasteiger charge is 2.30. The Hall–Kier alpha value is -1.79. The highest BCUT2D eigenvalue weighted by Crippen LogP contribution is 2.26. The zero-order valence-corrected chi connectivity index (χ0v) is 12.1. The summed E-state index contributed by atoms with van der Waals surface area (Å²) in [6.45, 7) is 1.34. The molecule has 2 aromatic rings. The van der Waals surface area contributed by atoms with Gasteiger partial charge in [0.15, 0.2) is 0 Å². The van der Waals surface area contributed by atoms with Crippen LogP contribution in [-0.2, 0) is 11.3 Å². The normalized spacial score (nSPS) is 19.0. The number of hydrogen-bond donors (Lipinski definition) is 1. The van der Waals surface area contributed by atoms with E-state index in [1.807, 2.05) is 10.3 Å². The maximum atomic E-state index is 12.9. The number of aromatic nitrogens is 1. The summed E-state index contributed by atoms with van der Waals surface area (Å²) in [5, 5.41) is 11.9. The summed E-state index contributed by atoms with van der Waals surface area (Å²) in [4.78, 5) is 17.6. The van der Waals surface area contributed by atoms with Crippen LogP contribution in [-0.4, -0.2) is 33.5 Å². The zero-order chi connectivity index (χ0) is 14.8. The monoisotopic (exact) mass is 306 g/mol. The van der Waals surface area contributed by atoms with Gasteiger partial charge in [0.05, 0.1) is 5.69 Å². The smallest absolute Gasteiger partial charge is 0.320 e.